The van der Waals surface area contributed by atoms with Gasteiger partial charge in [0, 0.05) is 17.3 Å². The zero-order chi connectivity index (χ0) is 13.7. The summed E-state index contributed by atoms with van der Waals surface area (Å²) in [7, 11) is 0. The Balaban J connectivity index is 2.02. The van der Waals surface area contributed by atoms with E-state index in [0.29, 0.717) is 10.9 Å². The van der Waals surface area contributed by atoms with Gasteiger partial charge < -0.3 is 10.3 Å². The molecule has 5 nitrogen and oxygen atoms in total. The molecule has 2 rings (SSSR count). The summed E-state index contributed by atoms with van der Waals surface area (Å²) < 4.78 is 1.47. The highest BCUT2D eigenvalue weighted by molar-refractivity contribution is 6.30. The van der Waals surface area contributed by atoms with Crippen LogP contribution in [-0.2, 0) is 6.54 Å². The first-order valence-corrected chi connectivity index (χ1v) is 6.02. The Morgan fingerprint density at radius 1 is 1.26 bits per heavy atom. The van der Waals surface area contributed by atoms with Gasteiger partial charge in [-0.25, -0.2) is 0 Å². The van der Waals surface area contributed by atoms with E-state index in [4.69, 9.17) is 17.3 Å². The van der Waals surface area contributed by atoms with Crippen molar-refractivity contribution in [1.82, 2.24) is 4.57 Å². The lowest BCUT2D eigenvalue weighted by Crippen LogP contribution is -2.27. The second kappa shape index (κ2) is 6.06. The van der Waals surface area contributed by atoms with Crippen LogP contribution in [-0.4, -0.2) is 10.4 Å². The van der Waals surface area contributed by atoms with Gasteiger partial charge in [-0.05, 0) is 30.3 Å². The fraction of sp³-hybridized carbons (Fsp3) is 0.0769. The number of nitrogens with one attached hydrogen (secondary N) is 1. The number of benzene rings is 1. The van der Waals surface area contributed by atoms with Crippen LogP contribution in [0.5, 0.6) is 0 Å². The molecule has 2 aromatic rings. The zero-order valence-corrected chi connectivity index (χ0v) is 10.8. The quantitative estimate of drug-likeness (QED) is 0.509. The highest BCUT2D eigenvalue weighted by atomic mass is 35.5. The molecule has 0 spiro atoms. The van der Waals surface area contributed by atoms with Gasteiger partial charge in [-0.15, -0.1) is 0 Å². The SMILES string of the molecule is N/C(Cn1ccccc1=O)=N\Nc1ccc(Cl)cc1. The van der Waals surface area contributed by atoms with Gasteiger partial charge in [-0.1, -0.05) is 17.7 Å². The number of aromatic nitrogens is 1. The van der Waals surface area contributed by atoms with Crippen LogP contribution < -0.4 is 16.7 Å². The molecule has 3 N–H and O–H groups in total. The Morgan fingerprint density at radius 3 is 2.68 bits per heavy atom. The molecule has 0 unspecified atom stereocenters. The van der Waals surface area contributed by atoms with Crippen LogP contribution in [0.3, 0.4) is 0 Å². The highest BCUT2D eigenvalue weighted by Gasteiger charge is 1.97. The molecule has 0 atom stereocenters. The van der Waals surface area contributed by atoms with Crippen LogP contribution in [0.15, 0.2) is 58.6 Å². The molecular formula is C13H13ClN4O. The van der Waals surface area contributed by atoms with Crippen molar-refractivity contribution in [2.24, 2.45) is 10.8 Å². The van der Waals surface area contributed by atoms with E-state index in [2.05, 4.69) is 10.5 Å². The number of halogens is 1. The largest absolute Gasteiger partial charge is 0.384 e. The first kappa shape index (κ1) is 13.2. The molecule has 0 fully saturated rings. The lowest BCUT2D eigenvalue weighted by atomic mass is 10.3. The predicted octanol–water partition coefficient (Wildman–Crippen LogP) is 1.89. The molecule has 0 aliphatic rings. The van der Waals surface area contributed by atoms with Gasteiger partial charge in [-0.2, -0.15) is 5.10 Å². The molecule has 0 aliphatic heterocycles. The number of hydrogen-bond acceptors (Lipinski definition) is 3. The van der Waals surface area contributed by atoms with Gasteiger partial charge in [0.25, 0.3) is 5.56 Å². The lowest BCUT2D eigenvalue weighted by molar-refractivity contribution is 0.799. The van der Waals surface area contributed by atoms with Crippen LogP contribution in [0.4, 0.5) is 5.69 Å². The van der Waals surface area contributed by atoms with Crippen molar-refractivity contribution in [3.05, 3.63) is 64.0 Å². The summed E-state index contributed by atoms with van der Waals surface area (Å²) in [5.41, 5.74) is 9.21. The minimum atomic E-state index is -0.118. The molecule has 6 heteroatoms. The monoisotopic (exact) mass is 276 g/mol. The standard InChI is InChI=1S/C13H13ClN4O/c14-10-4-6-11(7-5-10)16-17-12(15)9-18-8-2-1-3-13(18)19/h1-8,16H,9H2,(H2,15,17). The highest BCUT2D eigenvalue weighted by Crippen LogP contribution is 2.12. The lowest BCUT2D eigenvalue weighted by Gasteiger charge is -2.05. The molecule has 1 heterocycles. The number of nitrogens with zero attached hydrogens (tertiary/aromatic N) is 2. The number of hydrazone groups is 1. The molecule has 1 aromatic heterocycles. The first-order valence-electron chi connectivity index (χ1n) is 5.64. The normalized spacial score (nSPS) is 11.3. The van der Waals surface area contributed by atoms with E-state index in [1.54, 1.807) is 42.6 Å². The third-order valence-corrected chi connectivity index (χ3v) is 2.66. The van der Waals surface area contributed by atoms with Crippen molar-refractivity contribution in [2.75, 3.05) is 5.43 Å². The van der Waals surface area contributed by atoms with E-state index >= 15 is 0 Å². The Morgan fingerprint density at radius 2 is 2.00 bits per heavy atom. The van der Waals surface area contributed by atoms with Gasteiger partial charge in [0.2, 0.25) is 0 Å². The van der Waals surface area contributed by atoms with E-state index in [-0.39, 0.29) is 12.1 Å². The van der Waals surface area contributed by atoms with Gasteiger partial charge in [-0.3, -0.25) is 10.2 Å². The van der Waals surface area contributed by atoms with Crippen LogP contribution in [0.1, 0.15) is 0 Å². The number of rotatable bonds is 4. The third kappa shape index (κ3) is 3.86. The van der Waals surface area contributed by atoms with Crippen LogP contribution in [0.2, 0.25) is 5.02 Å². The summed E-state index contributed by atoms with van der Waals surface area (Å²) in [6.07, 6.45) is 1.66. The first-order chi connectivity index (χ1) is 9.15. The van der Waals surface area contributed by atoms with Crippen molar-refractivity contribution in [2.45, 2.75) is 6.54 Å². The molecular weight excluding hydrogens is 264 g/mol. The Bertz CT molecular complexity index is 634. The summed E-state index contributed by atoms with van der Waals surface area (Å²) in [5, 5.41) is 4.65. The minimum Gasteiger partial charge on any atom is -0.384 e. The number of anilines is 1. The van der Waals surface area contributed by atoms with E-state index < -0.39 is 0 Å². The van der Waals surface area contributed by atoms with Crippen molar-refractivity contribution >= 4 is 23.1 Å². The van der Waals surface area contributed by atoms with Gasteiger partial charge in [0.1, 0.15) is 5.84 Å². The second-order valence-electron chi connectivity index (χ2n) is 3.89. The summed E-state index contributed by atoms with van der Waals surface area (Å²) >= 11 is 5.77. The van der Waals surface area contributed by atoms with E-state index in [1.165, 1.54) is 10.6 Å². The molecule has 0 amide bonds. The maximum Gasteiger partial charge on any atom is 0.250 e. The number of amidine groups is 1. The van der Waals surface area contributed by atoms with Gasteiger partial charge in [0.05, 0.1) is 12.2 Å². The predicted molar refractivity (Wildman–Crippen MR) is 77.4 cm³/mol. The fourth-order valence-electron chi connectivity index (χ4n) is 1.46. The van der Waals surface area contributed by atoms with Crippen molar-refractivity contribution < 1.29 is 0 Å². The summed E-state index contributed by atoms with van der Waals surface area (Å²) in [4.78, 5) is 11.5. The topological polar surface area (TPSA) is 72.4 Å². The molecule has 0 bridgehead atoms. The van der Waals surface area contributed by atoms with Crippen LogP contribution >= 0.6 is 11.6 Å². The van der Waals surface area contributed by atoms with Crippen LogP contribution in [0.25, 0.3) is 0 Å². The minimum absolute atomic E-state index is 0.118. The molecule has 98 valence electrons. The third-order valence-electron chi connectivity index (χ3n) is 2.40. The smallest absolute Gasteiger partial charge is 0.250 e. The number of nitrogens with two attached hydrogens (primary N) is 1. The summed E-state index contributed by atoms with van der Waals surface area (Å²) in [6.45, 7) is 0.236. The van der Waals surface area contributed by atoms with E-state index in [1.807, 2.05) is 0 Å². The van der Waals surface area contributed by atoms with Crippen molar-refractivity contribution in [3.63, 3.8) is 0 Å². The van der Waals surface area contributed by atoms with Gasteiger partial charge >= 0.3 is 0 Å². The molecule has 19 heavy (non-hydrogen) atoms. The van der Waals surface area contributed by atoms with Crippen molar-refractivity contribution in [1.29, 1.82) is 0 Å². The second-order valence-corrected chi connectivity index (χ2v) is 4.33. The maximum absolute atomic E-state index is 11.5. The van der Waals surface area contributed by atoms with Gasteiger partial charge in [0.15, 0.2) is 0 Å². The Labute approximate surface area is 115 Å². The molecule has 0 saturated heterocycles. The molecule has 0 saturated carbocycles. The van der Waals surface area contributed by atoms with E-state index in [9.17, 15) is 4.79 Å². The maximum atomic E-state index is 11.5. The molecule has 0 radical (unpaired) electrons. The average molecular weight is 277 g/mol. The zero-order valence-electron chi connectivity index (χ0n) is 10.1. The summed E-state index contributed by atoms with van der Waals surface area (Å²) in [6, 6.07) is 12.0. The summed E-state index contributed by atoms with van der Waals surface area (Å²) in [5.74, 6) is 0.309. The average Bonchev–Trinajstić information content (AvgIpc) is 2.41. The molecule has 0 aliphatic carbocycles. The van der Waals surface area contributed by atoms with Crippen LogP contribution in [0, 0.1) is 0 Å². The fourth-order valence-corrected chi connectivity index (χ4v) is 1.59. The Kier molecular flexibility index (Phi) is 4.20. The van der Waals surface area contributed by atoms with Crippen molar-refractivity contribution in [3.8, 4) is 0 Å². The Hall–Kier alpha value is -2.27. The number of hydrogen-bond donors (Lipinski definition) is 2. The number of pyridine rings is 1. The molecule has 1 aromatic carbocycles. The van der Waals surface area contributed by atoms with E-state index in [0.717, 1.165) is 5.69 Å².